The number of tetrazole rings is 1. The summed E-state index contributed by atoms with van der Waals surface area (Å²) in [6.07, 6.45) is 1.42. The van der Waals surface area contributed by atoms with Crippen molar-refractivity contribution in [2.75, 3.05) is 5.32 Å². The summed E-state index contributed by atoms with van der Waals surface area (Å²) in [4.78, 5) is 16.4. The smallest absolute Gasteiger partial charge is 0.238 e. The summed E-state index contributed by atoms with van der Waals surface area (Å²) in [5.41, 5.74) is 1.95. The standard InChI is InChI=1S/C16H14Cl2N6OS/c1-9-3-5-12(6-4-9)24-16(21-22-23-24)26-10(2)15(25)20-14-13(18)7-11(17)8-19-14/h3-8,10H,1-2H3,(H,19,20,25). The van der Waals surface area contributed by atoms with Gasteiger partial charge in [-0.15, -0.1) is 5.10 Å². The summed E-state index contributed by atoms with van der Waals surface area (Å²) >= 11 is 13.1. The van der Waals surface area contributed by atoms with E-state index in [2.05, 4.69) is 25.8 Å². The Kier molecular flexibility index (Phi) is 5.75. The fraction of sp³-hybridized carbons (Fsp3) is 0.188. The van der Waals surface area contributed by atoms with Crippen LogP contribution in [0.4, 0.5) is 5.82 Å². The van der Waals surface area contributed by atoms with E-state index in [1.165, 1.54) is 24.0 Å². The minimum atomic E-state index is -0.473. The van der Waals surface area contributed by atoms with E-state index in [9.17, 15) is 4.79 Å². The number of rotatable bonds is 5. The monoisotopic (exact) mass is 408 g/mol. The Hall–Kier alpha value is -2.16. The van der Waals surface area contributed by atoms with Crippen molar-refractivity contribution < 1.29 is 4.79 Å². The largest absolute Gasteiger partial charge is 0.308 e. The first-order chi connectivity index (χ1) is 12.4. The molecule has 1 N–H and O–H groups in total. The summed E-state index contributed by atoms with van der Waals surface area (Å²) in [6.45, 7) is 3.75. The second-order valence-electron chi connectivity index (χ2n) is 5.44. The molecule has 0 saturated heterocycles. The van der Waals surface area contributed by atoms with Crippen molar-refractivity contribution in [1.82, 2.24) is 25.2 Å². The third kappa shape index (κ3) is 4.32. The molecular weight excluding hydrogens is 395 g/mol. The van der Waals surface area contributed by atoms with E-state index < -0.39 is 5.25 Å². The van der Waals surface area contributed by atoms with Gasteiger partial charge in [-0.05, 0) is 42.5 Å². The Bertz CT molecular complexity index is 931. The molecule has 134 valence electrons. The molecule has 0 aliphatic carbocycles. The molecule has 0 aliphatic heterocycles. The summed E-state index contributed by atoms with van der Waals surface area (Å²) < 4.78 is 1.58. The quantitative estimate of drug-likeness (QED) is 0.646. The Labute approximate surface area is 164 Å². The number of nitrogens with zero attached hydrogens (tertiary/aromatic N) is 5. The van der Waals surface area contributed by atoms with Crippen LogP contribution in [0.1, 0.15) is 12.5 Å². The van der Waals surface area contributed by atoms with Crippen molar-refractivity contribution >= 4 is 46.7 Å². The van der Waals surface area contributed by atoms with Crippen LogP contribution < -0.4 is 5.32 Å². The molecule has 0 fully saturated rings. The first kappa shape index (κ1) is 18.6. The van der Waals surface area contributed by atoms with Gasteiger partial charge in [0, 0.05) is 6.20 Å². The summed E-state index contributed by atoms with van der Waals surface area (Å²) in [6, 6.07) is 9.28. The van der Waals surface area contributed by atoms with Gasteiger partial charge in [-0.1, -0.05) is 52.7 Å². The molecule has 1 aromatic carbocycles. The van der Waals surface area contributed by atoms with E-state index in [0.29, 0.717) is 10.2 Å². The zero-order valence-electron chi connectivity index (χ0n) is 13.8. The number of carbonyl (C=O) groups excluding carboxylic acids is 1. The lowest BCUT2D eigenvalue weighted by Crippen LogP contribution is -2.23. The molecule has 1 atom stereocenters. The molecule has 0 aliphatic rings. The highest BCUT2D eigenvalue weighted by atomic mass is 35.5. The second kappa shape index (κ2) is 8.03. The molecular formula is C16H14Cl2N6OS. The van der Waals surface area contributed by atoms with Crippen LogP contribution >= 0.6 is 35.0 Å². The molecule has 7 nitrogen and oxygen atoms in total. The zero-order chi connectivity index (χ0) is 18.7. The normalized spacial score (nSPS) is 12.0. The SMILES string of the molecule is Cc1ccc(-n2nnnc2SC(C)C(=O)Nc2ncc(Cl)cc2Cl)cc1. The molecule has 2 aromatic heterocycles. The minimum Gasteiger partial charge on any atom is -0.308 e. The van der Waals surface area contributed by atoms with Crippen LogP contribution in [0.25, 0.3) is 5.69 Å². The van der Waals surface area contributed by atoms with Gasteiger partial charge in [0.25, 0.3) is 0 Å². The number of aromatic nitrogens is 5. The number of pyridine rings is 1. The van der Waals surface area contributed by atoms with Crippen molar-refractivity contribution in [3.05, 3.63) is 52.1 Å². The van der Waals surface area contributed by atoms with Crippen molar-refractivity contribution in [3.63, 3.8) is 0 Å². The third-order valence-electron chi connectivity index (χ3n) is 3.42. The average Bonchev–Trinajstić information content (AvgIpc) is 3.06. The van der Waals surface area contributed by atoms with Gasteiger partial charge in [-0.2, -0.15) is 4.68 Å². The van der Waals surface area contributed by atoms with E-state index in [1.807, 2.05) is 31.2 Å². The lowest BCUT2D eigenvalue weighted by Gasteiger charge is -2.12. The van der Waals surface area contributed by atoms with Crippen molar-refractivity contribution in [1.29, 1.82) is 0 Å². The van der Waals surface area contributed by atoms with Gasteiger partial charge >= 0.3 is 0 Å². The molecule has 26 heavy (non-hydrogen) atoms. The summed E-state index contributed by atoms with van der Waals surface area (Å²) in [5.74, 6) is -0.0168. The number of hydrogen-bond acceptors (Lipinski definition) is 6. The van der Waals surface area contributed by atoms with Crippen LogP contribution in [0.2, 0.25) is 10.0 Å². The first-order valence-corrected chi connectivity index (χ1v) is 9.21. The van der Waals surface area contributed by atoms with E-state index in [0.717, 1.165) is 11.3 Å². The predicted molar refractivity (Wildman–Crippen MR) is 102 cm³/mol. The van der Waals surface area contributed by atoms with Crippen molar-refractivity contribution in [3.8, 4) is 5.69 Å². The van der Waals surface area contributed by atoms with Crippen LogP contribution in [0, 0.1) is 6.92 Å². The van der Waals surface area contributed by atoms with Crippen molar-refractivity contribution in [2.45, 2.75) is 24.3 Å². The van der Waals surface area contributed by atoms with Gasteiger partial charge in [-0.3, -0.25) is 4.79 Å². The Morgan fingerprint density at radius 1 is 1.27 bits per heavy atom. The maximum atomic E-state index is 12.4. The van der Waals surface area contributed by atoms with E-state index >= 15 is 0 Å². The molecule has 3 rings (SSSR count). The zero-order valence-corrected chi connectivity index (χ0v) is 16.2. The lowest BCUT2D eigenvalue weighted by atomic mass is 10.2. The molecule has 0 saturated carbocycles. The van der Waals surface area contributed by atoms with Gasteiger partial charge in [0.15, 0.2) is 5.82 Å². The van der Waals surface area contributed by atoms with E-state index in [1.54, 1.807) is 11.6 Å². The van der Waals surface area contributed by atoms with Crippen LogP contribution in [0.3, 0.4) is 0 Å². The molecule has 10 heteroatoms. The van der Waals surface area contributed by atoms with Crippen LogP contribution in [-0.4, -0.2) is 36.3 Å². The number of halogens is 2. The number of aryl methyl sites for hydroxylation is 1. The second-order valence-corrected chi connectivity index (χ2v) is 7.59. The van der Waals surface area contributed by atoms with Gasteiger partial charge < -0.3 is 5.32 Å². The predicted octanol–water partition coefficient (Wildman–Crippen LogP) is 3.79. The van der Waals surface area contributed by atoms with E-state index in [4.69, 9.17) is 23.2 Å². The maximum absolute atomic E-state index is 12.4. The number of anilines is 1. The van der Waals surface area contributed by atoms with Gasteiger partial charge in [-0.25, -0.2) is 4.98 Å². The molecule has 3 aromatic rings. The number of benzene rings is 1. The topological polar surface area (TPSA) is 85.6 Å². The molecule has 0 radical (unpaired) electrons. The Balaban J connectivity index is 1.72. The molecule has 2 heterocycles. The maximum Gasteiger partial charge on any atom is 0.238 e. The minimum absolute atomic E-state index is 0.256. The number of amides is 1. The fourth-order valence-electron chi connectivity index (χ4n) is 2.04. The van der Waals surface area contributed by atoms with Crippen LogP contribution in [0.15, 0.2) is 41.7 Å². The Morgan fingerprint density at radius 2 is 2.00 bits per heavy atom. The van der Waals surface area contributed by atoms with Gasteiger partial charge in [0.2, 0.25) is 11.1 Å². The first-order valence-electron chi connectivity index (χ1n) is 7.58. The third-order valence-corrected chi connectivity index (χ3v) is 4.95. The molecule has 1 amide bonds. The van der Waals surface area contributed by atoms with Gasteiger partial charge in [0.05, 0.1) is 21.0 Å². The highest BCUT2D eigenvalue weighted by Gasteiger charge is 2.20. The number of hydrogen-bond donors (Lipinski definition) is 1. The van der Waals surface area contributed by atoms with Crippen LogP contribution in [0.5, 0.6) is 0 Å². The van der Waals surface area contributed by atoms with Crippen molar-refractivity contribution in [2.24, 2.45) is 0 Å². The van der Waals surface area contributed by atoms with E-state index in [-0.39, 0.29) is 16.7 Å². The van der Waals surface area contributed by atoms with Crippen LogP contribution in [-0.2, 0) is 4.79 Å². The Morgan fingerprint density at radius 3 is 2.69 bits per heavy atom. The molecule has 0 bridgehead atoms. The lowest BCUT2D eigenvalue weighted by molar-refractivity contribution is -0.115. The average molecular weight is 409 g/mol. The van der Waals surface area contributed by atoms with Gasteiger partial charge in [0.1, 0.15) is 0 Å². The number of thioether (sulfide) groups is 1. The molecule has 0 spiro atoms. The number of nitrogens with one attached hydrogen (secondary N) is 1. The highest BCUT2D eigenvalue weighted by molar-refractivity contribution is 8.00. The highest BCUT2D eigenvalue weighted by Crippen LogP contribution is 2.26. The number of carbonyl (C=O) groups is 1. The summed E-state index contributed by atoms with van der Waals surface area (Å²) in [7, 11) is 0. The molecule has 1 unspecified atom stereocenters. The fourth-order valence-corrected chi connectivity index (χ4v) is 3.27. The summed E-state index contributed by atoms with van der Waals surface area (Å²) in [5, 5.41) is 15.1.